The molecule has 0 aliphatic rings. The topological polar surface area (TPSA) is 24.9 Å². The zero-order valence-corrected chi connectivity index (χ0v) is 12.0. The molecule has 0 aliphatic carbocycles. The van der Waals surface area contributed by atoms with E-state index in [-0.39, 0.29) is 17.8 Å². The van der Waals surface area contributed by atoms with Crippen LogP contribution in [0.2, 0.25) is 0 Å². The first-order valence-electron chi connectivity index (χ1n) is 7.11. The van der Waals surface area contributed by atoms with Gasteiger partial charge in [0.2, 0.25) is 0 Å². The Morgan fingerprint density at radius 2 is 1.95 bits per heavy atom. The Morgan fingerprint density at radius 1 is 1.20 bits per heavy atom. The summed E-state index contributed by atoms with van der Waals surface area (Å²) in [7, 11) is 0. The van der Waals surface area contributed by atoms with E-state index < -0.39 is 0 Å². The fraction of sp³-hybridized carbons (Fsp3) is 0.353. The summed E-state index contributed by atoms with van der Waals surface area (Å²) < 4.78 is 14.0. The summed E-state index contributed by atoms with van der Waals surface area (Å²) in [6.45, 7) is 5.10. The molecule has 2 unspecified atom stereocenters. The second kappa shape index (κ2) is 7.15. The maximum absolute atomic E-state index is 14.0. The molecule has 2 nitrogen and oxygen atoms in total. The molecule has 0 saturated heterocycles. The predicted octanol–water partition coefficient (Wildman–Crippen LogP) is 4.07. The van der Waals surface area contributed by atoms with E-state index in [2.05, 4.69) is 36.3 Å². The van der Waals surface area contributed by atoms with Gasteiger partial charge in [0.25, 0.3) is 0 Å². The number of nitrogens with zero attached hydrogens (tertiary/aromatic N) is 1. The molecule has 20 heavy (non-hydrogen) atoms. The van der Waals surface area contributed by atoms with Crippen molar-refractivity contribution in [2.24, 2.45) is 0 Å². The fourth-order valence-electron chi connectivity index (χ4n) is 2.44. The smallest absolute Gasteiger partial charge is 0.146 e. The molecule has 1 aromatic carbocycles. The molecule has 0 fully saturated rings. The molecule has 0 aliphatic heterocycles. The average Bonchev–Trinajstić information content (AvgIpc) is 2.50. The van der Waals surface area contributed by atoms with E-state index in [4.69, 9.17) is 0 Å². The Hall–Kier alpha value is -1.74. The van der Waals surface area contributed by atoms with Crippen LogP contribution >= 0.6 is 0 Å². The molecule has 2 rings (SSSR count). The standard InChI is InChI=1S/C17H21FN2/c1-3-10-20-17(15-9-11-19-12-16(15)18)13(2)14-7-5-4-6-8-14/h4-9,11-13,17,20H,3,10H2,1-2H3. The van der Waals surface area contributed by atoms with Crippen molar-refractivity contribution in [2.45, 2.75) is 32.2 Å². The van der Waals surface area contributed by atoms with Crippen molar-refractivity contribution in [3.05, 3.63) is 65.7 Å². The Labute approximate surface area is 120 Å². The zero-order valence-electron chi connectivity index (χ0n) is 12.0. The highest BCUT2D eigenvalue weighted by Crippen LogP contribution is 2.31. The molecule has 2 atom stereocenters. The van der Waals surface area contributed by atoms with E-state index in [0.29, 0.717) is 5.56 Å². The Morgan fingerprint density at radius 3 is 2.60 bits per heavy atom. The molecule has 106 valence electrons. The molecular weight excluding hydrogens is 251 g/mol. The molecule has 1 N–H and O–H groups in total. The van der Waals surface area contributed by atoms with Gasteiger partial charge in [0.05, 0.1) is 6.20 Å². The number of rotatable bonds is 6. The molecule has 0 spiro atoms. The van der Waals surface area contributed by atoms with Crippen LogP contribution in [-0.2, 0) is 0 Å². The van der Waals surface area contributed by atoms with Gasteiger partial charge in [-0.05, 0) is 24.6 Å². The summed E-state index contributed by atoms with van der Waals surface area (Å²) in [4.78, 5) is 3.84. The Kier molecular flexibility index (Phi) is 5.24. The first-order valence-corrected chi connectivity index (χ1v) is 7.11. The van der Waals surface area contributed by atoms with Gasteiger partial charge in [0.1, 0.15) is 5.82 Å². The van der Waals surface area contributed by atoms with E-state index in [1.165, 1.54) is 11.8 Å². The van der Waals surface area contributed by atoms with Crippen molar-refractivity contribution in [3.8, 4) is 0 Å². The second-order valence-corrected chi connectivity index (χ2v) is 5.03. The highest BCUT2D eigenvalue weighted by molar-refractivity contribution is 5.27. The van der Waals surface area contributed by atoms with Crippen molar-refractivity contribution in [2.75, 3.05) is 6.54 Å². The monoisotopic (exact) mass is 272 g/mol. The van der Waals surface area contributed by atoms with Crippen molar-refractivity contribution in [1.29, 1.82) is 0 Å². The summed E-state index contributed by atoms with van der Waals surface area (Å²) >= 11 is 0. The predicted molar refractivity (Wildman–Crippen MR) is 80.1 cm³/mol. The van der Waals surface area contributed by atoms with Gasteiger partial charge >= 0.3 is 0 Å². The van der Waals surface area contributed by atoms with Crippen molar-refractivity contribution in [3.63, 3.8) is 0 Å². The molecule has 0 saturated carbocycles. The highest BCUT2D eigenvalue weighted by Gasteiger charge is 2.22. The van der Waals surface area contributed by atoms with Crippen molar-refractivity contribution < 1.29 is 4.39 Å². The van der Waals surface area contributed by atoms with Crippen LogP contribution in [0.5, 0.6) is 0 Å². The molecule has 0 bridgehead atoms. The van der Waals surface area contributed by atoms with Gasteiger partial charge in [-0.3, -0.25) is 4.98 Å². The minimum Gasteiger partial charge on any atom is -0.309 e. The number of benzene rings is 1. The molecule has 1 aromatic heterocycles. The van der Waals surface area contributed by atoms with Crippen molar-refractivity contribution >= 4 is 0 Å². The van der Waals surface area contributed by atoms with Crippen LogP contribution in [0.1, 0.15) is 43.4 Å². The SMILES string of the molecule is CCCNC(c1ccncc1F)C(C)c1ccccc1. The van der Waals surface area contributed by atoms with Crippen LogP contribution in [-0.4, -0.2) is 11.5 Å². The zero-order chi connectivity index (χ0) is 14.4. The van der Waals surface area contributed by atoms with Crippen LogP contribution in [0.25, 0.3) is 0 Å². The minimum absolute atomic E-state index is 0.0413. The van der Waals surface area contributed by atoms with Gasteiger partial charge in [-0.1, -0.05) is 44.2 Å². The van der Waals surface area contributed by atoms with Crippen LogP contribution in [0.4, 0.5) is 4.39 Å². The molecular formula is C17H21FN2. The van der Waals surface area contributed by atoms with Crippen LogP contribution < -0.4 is 5.32 Å². The lowest BCUT2D eigenvalue weighted by atomic mass is 9.88. The van der Waals surface area contributed by atoms with Gasteiger partial charge in [-0.25, -0.2) is 4.39 Å². The summed E-state index contributed by atoms with van der Waals surface area (Å²) in [6, 6.07) is 11.9. The van der Waals surface area contributed by atoms with E-state index in [0.717, 1.165) is 13.0 Å². The van der Waals surface area contributed by atoms with Crippen LogP contribution in [0.3, 0.4) is 0 Å². The van der Waals surface area contributed by atoms with E-state index in [1.54, 1.807) is 12.3 Å². The van der Waals surface area contributed by atoms with E-state index in [1.807, 2.05) is 18.2 Å². The van der Waals surface area contributed by atoms with E-state index >= 15 is 0 Å². The highest BCUT2D eigenvalue weighted by atomic mass is 19.1. The maximum Gasteiger partial charge on any atom is 0.146 e. The summed E-state index contributed by atoms with van der Waals surface area (Å²) in [5, 5.41) is 3.46. The average molecular weight is 272 g/mol. The maximum atomic E-state index is 14.0. The lowest BCUT2D eigenvalue weighted by Gasteiger charge is -2.26. The number of halogens is 1. The minimum atomic E-state index is -0.246. The quantitative estimate of drug-likeness (QED) is 0.857. The summed E-state index contributed by atoms with van der Waals surface area (Å²) in [5.41, 5.74) is 1.89. The second-order valence-electron chi connectivity index (χ2n) is 5.03. The number of pyridine rings is 1. The molecule has 0 radical (unpaired) electrons. The van der Waals surface area contributed by atoms with Gasteiger partial charge in [0.15, 0.2) is 0 Å². The first-order chi connectivity index (χ1) is 9.74. The van der Waals surface area contributed by atoms with Gasteiger partial charge in [-0.15, -0.1) is 0 Å². The fourth-order valence-corrected chi connectivity index (χ4v) is 2.44. The Balaban J connectivity index is 2.30. The third-order valence-corrected chi connectivity index (χ3v) is 3.58. The van der Waals surface area contributed by atoms with Gasteiger partial charge in [0, 0.05) is 23.7 Å². The molecule has 2 aromatic rings. The number of nitrogens with one attached hydrogen (secondary N) is 1. The third-order valence-electron chi connectivity index (χ3n) is 3.58. The summed E-state index contributed by atoms with van der Waals surface area (Å²) in [6.07, 6.45) is 3.95. The molecule has 1 heterocycles. The molecule has 0 amide bonds. The lowest BCUT2D eigenvalue weighted by Crippen LogP contribution is -2.27. The van der Waals surface area contributed by atoms with Gasteiger partial charge in [-0.2, -0.15) is 0 Å². The normalized spacial score (nSPS) is 13.9. The molecule has 3 heteroatoms. The third kappa shape index (κ3) is 3.42. The number of aromatic nitrogens is 1. The largest absolute Gasteiger partial charge is 0.309 e. The van der Waals surface area contributed by atoms with Crippen LogP contribution in [0.15, 0.2) is 48.8 Å². The lowest BCUT2D eigenvalue weighted by molar-refractivity contribution is 0.444. The Bertz CT molecular complexity index is 528. The summed E-state index contributed by atoms with van der Waals surface area (Å²) in [5.74, 6) is -0.0523. The first kappa shape index (κ1) is 14.7. The van der Waals surface area contributed by atoms with Gasteiger partial charge < -0.3 is 5.32 Å². The number of hydrogen-bond acceptors (Lipinski definition) is 2. The van der Waals surface area contributed by atoms with E-state index in [9.17, 15) is 4.39 Å². The van der Waals surface area contributed by atoms with Crippen LogP contribution in [0, 0.1) is 5.82 Å². The van der Waals surface area contributed by atoms with Crippen molar-refractivity contribution in [1.82, 2.24) is 10.3 Å². The number of hydrogen-bond donors (Lipinski definition) is 1.